The number of pyridine rings is 2. The van der Waals surface area contributed by atoms with E-state index in [1.165, 1.54) is 11.0 Å². The molecular weight excluding hydrogens is 498 g/mol. The van der Waals surface area contributed by atoms with Gasteiger partial charge in [0, 0.05) is 37.9 Å². The highest BCUT2D eigenvalue weighted by Crippen LogP contribution is 2.40. The van der Waals surface area contributed by atoms with Gasteiger partial charge < -0.3 is 10.3 Å². The fourth-order valence-electron chi connectivity index (χ4n) is 5.49. The number of fused-ring (bicyclic) bond motifs is 1. The molecule has 38 heavy (non-hydrogen) atoms. The molecule has 6 nitrogen and oxygen atoms in total. The molecule has 0 bridgehead atoms. The van der Waals surface area contributed by atoms with Gasteiger partial charge in [-0.2, -0.15) is 13.2 Å². The Hall–Kier alpha value is -3.24. The first kappa shape index (κ1) is 26.4. The van der Waals surface area contributed by atoms with E-state index in [1.54, 1.807) is 24.5 Å². The predicted octanol–water partition coefficient (Wildman–Crippen LogP) is 4.79. The van der Waals surface area contributed by atoms with Crippen LogP contribution in [0.4, 0.5) is 23.2 Å². The van der Waals surface area contributed by atoms with E-state index in [9.17, 15) is 22.4 Å². The van der Waals surface area contributed by atoms with Gasteiger partial charge in [-0.1, -0.05) is 18.2 Å². The lowest BCUT2D eigenvalue weighted by atomic mass is 9.85. The van der Waals surface area contributed by atoms with Crippen LogP contribution in [0.1, 0.15) is 36.2 Å². The molecule has 0 radical (unpaired) electrons. The van der Waals surface area contributed by atoms with Crippen molar-refractivity contribution < 1.29 is 17.6 Å². The van der Waals surface area contributed by atoms with Crippen molar-refractivity contribution in [1.82, 2.24) is 19.8 Å². The van der Waals surface area contributed by atoms with Crippen LogP contribution in [0.3, 0.4) is 0 Å². The van der Waals surface area contributed by atoms with E-state index >= 15 is 0 Å². The lowest BCUT2D eigenvalue weighted by molar-refractivity contribution is -0.155. The number of benzene rings is 1. The second-order valence-corrected chi connectivity index (χ2v) is 10.2. The molecule has 0 amide bonds. The second-order valence-electron chi connectivity index (χ2n) is 10.2. The minimum Gasteiger partial charge on any atom is -0.378 e. The van der Waals surface area contributed by atoms with Crippen LogP contribution in [-0.4, -0.2) is 70.9 Å². The van der Waals surface area contributed by atoms with Gasteiger partial charge in [0.25, 0.3) is 0 Å². The maximum atomic E-state index is 13.6. The molecule has 0 aliphatic carbocycles. The lowest BCUT2D eigenvalue weighted by Crippen LogP contribution is -2.54. The third-order valence-electron chi connectivity index (χ3n) is 7.33. The molecule has 2 aliphatic heterocycles. The smallest absolute Gasteiger partial charge is 0.378 e. The van der Waals surface area contributed by atoms with Gasteiger partial charge in [-0.05, 0) is 60.2 Å². The Balaban J connectivity index is 1.40. The maximum Gasteiger partial charge on any atom is 0.401 e. The average Bonchev–Trinajstić information content (AvgIpc) is 2.86. The summed E-state index contributed by atoms with van der Waals surface area (Å²) in [7, 11) is 0. The minimum absolute atomic E-state index is 0.196. The van der Waals surface area contributed by atoms with Crippen molar-refractivity contribution in [2.24, 2.45) is 0 Å². The van der Waals surface area contributed by atoms with Crippen molar-refractivity contribution >= 4 is 5.69 Å². The molecule has 2 atom stereocenters. The summed E-state index contributed by atoms with van der Waals surface area (Å²) in [5.74, 6) is 0. The third-order valence-corrected chi connectivity index (χ3v) is 7.33. The minimum atomic E-state index is -4.35. The van der Waals surface area contributed by atoms with Crippen LogP contribution in [0.5, 0.6) is 0 Å². The predicted molar refractivity (Wildman–Crippen MR) is 139 cm³/mol. The Kier molecular flexibility index (Phi) is 7.54. The monoisotopic (exact) mass is 529 g/mol. The molecule has 2 aliphatic rings. The van der Waals surface area contributed by atoms with Gasteiger partial charge in [0.15, 0.2) is 0 Å². The molecule has 10 heteroatoms. The van der Waals surface area contributed by atoms with E-state index in [0.717, 1.165) is 47.6 Å². The molecule has 4 heterocycles. The zero-order chi connectivity index (χ0) is 26.9. The molecule has 5 rings (SSSR count). The standard InChI is InChI=1S/C28H31F4N5O/c1-18-11-21-12-19(20-4-8-26(38)34-13-20)3-6-24(21)27(37(18)17-28(30,31)32)25-7-5-22(14-33-25)35-23-15-36(16-23)10-2-9-29/h3-8,12-14,18,23,27,35H,2,9-11,15-17H2,1H3,(H,34,38)/t18-,27+/m1/s1. The van der Waals surface area contributed by atoms with E-state index in [0.29, 0.717) is 18.5 Å². The van der Waals surface area contributed by atoms with Crippen LogP contribution < -0.4 is 10.9 Å². The Labute approximate surface area is 218 Å². The van der Waals surface area contributed by atoms with Gasteiger partial charge in [0.1, 0.15) is 0 Å². The fourth-order valence-corrected chi connectivity index (χ4v) is 5.49. The number of hydrogen-bond donors (Lipinski definition) is 2. The largest absolute Gasteiger partial charge is 0.401 e. The summed E-state index contributed by atoms with van der Waals surface area (Å²) in [4.78, 5) is 22.4. The van der Waals surface area contributed by atoms with Crippen molar-refractivity contribution in [1.29, 1.82) is 0 Å². The summed E-state index contributed by atoms with van der Waals surface area (Å²) in [5.41, 5.74) is 4.67. The third kappa shape index (κ3) is 5.91. The number of H-pyrrole nitrogens is 1. The van der Waals surface area contributed by atoms with Crippen molar-refractivity contribution in [2.75, 3.05) is 38.2 Å². The number of alkyl halides is 4. The Morgan fingerprint density at radius 3 is 2.55 bits per heavy atom. The van der Waals surface area contributed by atoms with Crippen LogP contribution in [-0.2, 0) is 6.42 Å². The highest BCUT2D eigenvalue weighted by atomic mass is 19.4. The number of anilines is 1. The first-order valence-corrected chi connectivity index (χ1v) is 12.9. The van der Waals surface area contributed by atoms with Crippen molar-refractivity contribution in [3.8, 4) is 11.1 Å². The molecule has 2 N–H and O–H groups in total. The SMILES string of the molecule is C[C@@H]1Cc2cc(-c3ccc(=O)[nH]c3)ccc2[C@@H](c2ccc(NC3CN(CCCF)C3)cn2)N1CC(F)(F)F. The Morgan fingerprint density at radius 1 is 1.11 bits per heavy atom. The van der Waals surface area contributed by atoms with E-state index in [1.807, 2.05) is 31.2 Å². The van der Waals surface area contributed by atoms with Gasteiger partial charge in [0.2, 0.25) is 5.56 Å². The molecule has 2 aromatic heterocycles. The van der Waals surface area contributed by atoms with Crippen LogP contribution in [0.25, 0.3) is 11.1 Å². The van der Waals surface area contributed by atoms with E-state index in [4.69, 9.17) is 0 Å². The van der Waals surface area contributed by atoms with Gasteiger partial charge in [-0.25, -0.2) is 0 Å². The summed E-state index contributed by atoms with van der Waals surface area (Å²) in [6.45, 7) is 2.86. The summed E-state index contributed by atoms with van der Waals surface area (Å²) >= 11 is 0. The molecule has 1 fully saturated rings. The van der Waals surface area contributed by atoms with Crippen LogP contribution in [0.2, 0.25) is 0 Å². The van der Waals surface area contributed by atoms with Gasteiger partial charge in [-0.15, -0.1) is 0 Å². The van der Waals surface area contributed by atoms with Gasteiger partial charge >= 0.3 is 6.18 Å². The molecule has 0 unspecified atom stereocenters. The highest BCUT2D eigenvalue weighted by molar-refractivity contribution is 5.64. The fraction of sp³-hybridized carbons (Fsp3) is 0.429. The summed E-state index contributed by atoms with van der Waals surface area (Å²) in [6.07, 6.45) is -0.0254. The van der Waals surface area contributed by atoms with Crippen LogP contribution in [0, 0.1) is 0 Å². The molecule has 3 aromatic rings. The number of aromatic nitrogens is 2. The van der Waals surface area contributed by atoms with E-state index in [2.05, 4.69) is 20.2 Å². The van der Waals surface area contributed by atoms with E-state index < -0.39 is 18.8 Å². The van der Waals surface area contributed by atoms with Gasteiger partial charge in [-0.3, -0.25) is 24.0 Å². The quantitative estimate of drug-likeness (QED) is 0.411. The molecule has 1 saturated heterocycles. The summed E-state index contributed by atoms with van der Waals surface area (Å²) in [5, 5.41) is 3.41. The first-order chi connectivity index (χ1) is 18.2. The van der Waals surface area contributed by atoms with Crippen molar-refractivity contribution in [3.63, 3.8) is 0 Å². The van der Waals surface area contributed by atoms with Gasteiger partial charge in [0.05, 0.1) is 42.9 Å². The van der Waals surface area contributed by atoms with Crippen LogP contribution in [0.15, 0.2) is 59.7 Å². The summed E-state index contributed by atoms with van der Waals surface area (Å²) < 4.78 is 53.3. The molecule has 1 aromatic carbocycles. The summed E-state index contributed by atoms with van der Waals surface area (Å²) in [6, 6.07) is 11.8. The molecule has 0 spiro atoms. The second kappa shape index (κ2) is 10.9. The number of aromatic amines is 1. The molecule has 202 valence electrons. The van der Waals surface area contributed by atoms with Crippen molar-refractivity contribution in [3.05, 3.63) is 82.0 Å². The number of halogens is 4. The van der Waals surface area contributed by atoms with Crippen molar-refractivity contribution in [2.45, 2.75) is 44.1 Å². The topological polar surface area (TPSA) is 64.3 Å². The van der Waals surface area contributed by atoms with E-state index in [-0.39, 0.29) is 24.3 Å². The molecule has 0 saturated carbocycles. The normalized spacial score (nSPS) is 20.7. The zero-order valence-corrected chi connectivity index (χ0v) is 21.1. The highest BCUT2D eigenvalue weighted by Gasteiger charge is 2.41. The number of nitrogens with one attached hydrogen (secondary N) is 2. The number of hydrogen-bond acceptors (Lipinski definition) is 5. The molecular formula is C28H31F4N5O. The van der Waals surface area contributed by atoms with Crippen LogP contribution >= 0.6 is 0 Å². The zero-order valence-electron chi connectivity index (χ0n) is 21.1. The average molecular weight is 530 g/mol. The Bertz CT molecular complexity index is 1280. The number of rotatable bonds is 8. The maximum absolute atomic E-state index is 13.6. The lowest BCUT2D eigenvalue weighted by Gasteiger charge is -2.42. The Morgan fingerprint density at radius 2 is 1.89 bits per heavy atom. The first-order valence-electron chi connectivity index (χ1n) is 12.9. The number of nitrogens with zero attached hydrogens (tertiary/aromatic N) is 3. The number of likely N-dealkylation sites (tertiary alicyclic amines) is 1.